The van der Waals surface area contributed by atoms with Crippen LogP contribution in [0.4, 0.5) is 0 Å². The van der Waals surface area contributed by atoms with E-state index in [0.717, 1.165) is 0 Å². The van der Waals surface area contributed by atoms with E-state index in [1.54, 1.807) is 0 Å². The van der Waals surface area contributed by atoms with Gasteiger partial charge >= 0.3 is 0 Å². The van der Waals surface area contributed by atoms with Gasteiger partial charge in [0.1, 0.15) is 0 Å². The van der Waals surface area contributed by atoms with Gasteiger partial charge in [0, 0.05) is 10.00 Å². The normalized spacial score (nSPS) is 24.1. The molecule has 1 atom stereocenters. The smallest absolute Gasteiger partial charge is 0.0269 e. The zero-order valence-electron chi connectivity index (χ0n) is 7.50. The largest absolute Gasteiger partial charge is 0.148 e. The molecular formula is C10H16S. The standard InChI is InChI=1S/C10H16S/c1-10(2,3)11-9-7-5-4-6-8-9/h4-7,9H,8H2,1-3H3. The highest BCUT2D eigenvalue weighted by molar-refractivity contribution is 8.01. The third kappa shape index (κ3) is 3.66. The summed E-state index contributed by atoms with van der Waals surface area (Å²) in [7, 11) is 0. The summed E-state index contributed by atoms with van der Waals surface area (Å²) >= 11 is 2.04. The van der Waals surface area contributed by atoms with Gasteiger partial charge in [0.25, 0.3) is 0 Å². The lowest BCUT2D eigenvalue weighted by atomic mass is 10.2. The Morgan fingerprint density at radius 2 is 2.00 bits per heavy atom. The summed E-state index contributed by atoms with van der Waals surface area (Å²) in [6.45, 7) is 6.80. The molecule has 1 aliphatic carbocycles. The van der Waals surface area contributed by atoms with E-state index in [0.29, 0.717) is 10.00 Å². The lowest BCUT2D eigenvalue weighted by Crippen LogP contribution is -2.14. The zero-order chi connectivity index (χ0) is 8.32. The SMILES string of the molecule is CC(C)(C)SC1C=CC=CC1. The molecule has 0 saturated heterocycles. The maximum Gasteiger partial charge on any atom is 0.0269 e. The van der Waals surface area contributed by atoms with Crippen molar-refractivity contribution >= 4 is 11.8 Å². The first-order valence-electron chi connectivity index (χ1n) is 4.09. The molecular weight excluding hydrogens is 152 g/mol. The summed E-state index contributed by atoms with van der Waals surface area (Å²) in [5.74, 6) is 0. The molecule has 0 nitrogen and oxygen atoms in total. The van der Waals surface area contributed by atoms with Crippen molar-refractivity contribution in [1.82, 2.24) is 0 Å². The molecule has 0 aromatic rings. The maximum atomic E-state index is 2.29. The molecule has 0 amide bonds. The van der Waals surface area contributed by atoms with E-state index >= 15 is 0 Å². The van der Waals surface area contributed by atoms with Crippen molar-refractivity contribution in [2.75, 3.05) is 0 Å². The zero-order valence-corrected chi connectivity index (χ0v) is 8.32. The van der Waals surface area contributed by atoms with Crippen molar-refractivity contribution in [3.63, 3.8) is 0 Å². The predicted molar refractivity (Wildman–Crippen MR) is 54.0 cm³/mol. The molecule has 62 valence electrons. The van der Waals surface area contributed by atoms with Crippen molar-refractivity contribution in [2.45, 2.75) is 37.2 Å². The summed E-state index contributed by atoms with van der Waals surface area (Å²) in [5.41, 5.74) is 0. The molecule has 1 aliphatic rings. The molecule has 0 bridgehead atoms. The molecule has 0 radical (unpaired) electrons. The number of thioether (sulfide) groups is 1. The minimum Gasteiger partial charge on any atom is -0.148 e. The topological polar surface area (TPSA) is 0 Å². The van der Waals surface area contributed by atoms with Crippen LogP contribution >= 0.6 is 11.8 Å². The number of hydrogen-bond donors (Lipinski definition) is 0. The molecule has 0 aliphatic heterocycles. The Morgan fingerprint density at radius 1 is 1.27 bits per heavy atom. The Balaban J connectivity index is 2.39. The fourth-order valence-corrected chi connectivity index (χ4v) is 2.38. The monoisotopic (exact) mass is 168 g/mol. The summed E-state index contributed by atoms with van der Waals surface area (Å²) in [6.07, 6.45) is 9.99. The van der Waals surface area contributed by atoms with Crippen molar-refractivity contribution in [3.8, 4) is 0 Å². The van der Waals surface area contributed by atoms with Gasteiger partial charge in [-0.05, 0) is 6.42 Å². The minimum atomic E-state index is 0.389. The van der Waals surface area contributed by atoms with E-state index < -0.39 is 0 Å². The summed E-state index contributed by atoms with van der Waals surface area (Å²) in [5, 5.41) is 0.694. The van der Waals surface area contributed by atoms with Gasteiger partial charge in [-0.15, -0.1) is 11.8 Å². The second kappa shape index (κ2) is 3.48. The van der Waals surface area contributed by atoms with Crippen LogP contribution in [0, 0.1) is 0 Å². The Bertz CT molecular complexity index is 172. The van der Waals surface area contributed by atoms with Crippen LogP contribution in [-0.4, -0.2) is 10.00 Å². The van der Waals surface area contributed by atoms with Gasteiger partial charge in [-0.2, -0.15) is 0 Å². The first-order valence-corrected chi connectivity index (χ1v) is 4.97. The Morgan fingerprint density at radius 3 is 2.45 bits per heavy atom. The fourth-order valence-electron chi connectivity index (χ4n) is 1.10. The second-order valence-electron chi connectivity index (χ2n) is 3.82. The van der Waals surface area contributed by atoms with Gasteiger partial charge in [-0.1, -0.05) is 45.1 Å². The van der Waals surface area contributed by atoms with Crippen LogP contribution in [0.15, 0.2) is 24.3 Å². The Hall–Kier alpha value is -0.170. The quantitative estimate of drug-likeness (QED) is 0.578. The lowest BCUT2D eigenvalue weighted by molar-refractivity contribution is 0.795. The third-order valence-corrected chi connectivity index (χ3v) is 2.81. The van der Waals surface area contributed by atoms with E-state index in [4.69, 9.17) is 0 Å². The average molecular weight is 168 g/mol. The molecule has 0 fully saturated rings. The summed E-state index contributed by atoms with van der Waals surface area (Å²) < 4.78 is 0.389. The molecule has 0 aromatic heterocycles. The maximum absolute atomic E-state index is 2.29. The van der Waals surface area contributed by atoms with Gasteiger partial charge in [0.2, 0.25) is 0 Å². The molecule has 1 heteroatoms. The van der Waals surface area contributed by atoms with Crippen LogP contribution in [-0.2, 0) is 0 Å². The molecule has 11 heavy (non-hydrogen) atoms. The summed E-state index contributed by atoms with van der Waals surface area (Å²) in [4.78, 5) is 0. The first kappa shape index (κ1) is 8.92. The third-order valence-electron chi connectivity index (χ3n) is 1.45. The highest BCUT2D eigenvalue weighted by Gasteiger charge is 2.16. The molecule has 0 saturated carbocycles. The van der Waals surface area contributed by atoms with Gasteiger partial charge in [-0.25, -0.2) is 0 Å². The lowest BCUT2D eigenvalue weighted by Gasteiger charge is -2.23. The number of allylic oxidation sites excluding steroid dienone is 3. The molecule has 1 unspecified atom stereocenters. The number of hydrogen-bond acceptors (Lipinski definition) is 1. The van der Waals surface area contributed by atoms with Gasteiger partial charge in [0.15, 0.2) is 0 Å². The molecule has 0 aromatic carbocycles. The minimum absolute atomic E-state index is 0.389. The predicted octanol–water partition coefficient (Wildman–Crippen LogP) is 3.40. The van der Waals surface area contributed by atoms with E-state index in [2.05, 4.69) is 45.1 Å². The Labute approximate surface area is 73.8 Å². The second-order valence-corrected chi connectivity index (χ2v) is 5.88. The van der Waals surface area contributed by atoms with Gasteiger partial charge < -0.3 is 0 Å². The van der Waals surface area contributed by atoms with E-state index in [-0.39, 0.29) is 0 Å². The Kier molecular flexibility index (Phi) is 2.83. The molecule has 0 spiro atoms. The van der Waals surface area contributed by atoms with Crippen LogP contribution in [0.25, 0.3) is 0 Å². The van der Waals surface area contributed by atoms with Crippen LogP contribution in [0.3, 0.4) is 0 Å². The van der Waals surface area contributed by atoms with Gasteiger partial charge in [-0.3, -0.25) is 0 Å². The summed E-state index contributed by atoms with van der Waals surface area (Å²) in [6, 6.07) is 0. The van der Waals surface area contributed by atoms with Crippen LogP contribution in [0.5, 0.6) is 0 Å². The number of rotatable bonds is 1. The van der Waals surface area contributed by atoms with E-state index in [1.165, 1.54) is 6.42 Å². The fraction of sp³-hybridized carbons (Fsp3) is 0.600. The van der Waals surface area contributed by atoms with E-state index in [9.17, 15) is 0 Å². The first-order chi connectivity index (χ1) is 5.08. The molecule has 1 rings (SSSR count). The van der Waals surface area contributed by atoms with Crippen LogP contribution in [0.2, 0.25) is 0 Å². The van der Waals surface area contributed by atoms with Crippen molar-refractivity contribution in [1.29, 1.82) is 0 Å². The highest BCUT2D eigenvalue weighted by Crippen LogP contribution is 2.31. The van der Waals surface area contributed by atoms with Crippen LogP contribution < -0.4 is 0 Å². The highest BCUT2D eigenvalue weighted by atomic mass is 32.2. The van der Waals surface area contributed by atoms with Crippen molar-refractivity contribution in [3.05, 3.63) is 24.3 Å². The molecule has 0 N–H and O–H groups in total. The van der Waals surface area contributed by atoms with Crippen molar-refractivity contribution < 1.29 is 0 Å². The van der Waals surface area contributed by atoms with Crippen LogP contribution in [0.1, 0.15) is 27.2 Å². The van der Waals surface area contributed by atoms with Gasteiger partial charge in [0.05, 0.1) is 0 Å². The average Bonchev–Trinajstić information content (AvgIpc) is 1.85. The van der Waals surface area contributed by atoms with E-state index in [1.807, 2.05) is 11.8 Å². The van der Waals surface area contributed by atoms with Crippen molar-refractivity contribution in [2.24, 2.45) is 0 Å². The molecule has 0 heterocycles.